The normalized spacial score (nSPS) is 19.3. The summed E-state index contributed by atoms with van der Waals surface area (Å²) >= 11 is 0. The summed E-state index contributed by atoms with van der Waals surface area (Å²) < 4.78 is 12.9. The first-order valence-corrected chi connectivity index (χ1v) is 6.91. The van der Waals surface area contributed by atoms with E-state index in [0.29, 0.717) is 5.56 Å². The number of halogens is 1. The minimum atomic E-state index is -0.312. The first-order valence-electron chi connectivity index (χ1n) is 6.91. The fourth-order valence-electron chi connectivity index (χ4n) is 2.65. The molecule has 0 spiro atoms. The SMILES string of the molecule is CCC(C(=O)c1ccc(F)cc1)N1CCC(N)CC1. The second-order valence-electron chi connectivity index (χ2n) is 5.17. The van der Waals surface area contributed by atoms with Crippen molar-refractivity contribution in [1.29, 1.82) is 0 Å². The third kappa shape index (κ3) is 3.39. The van der Waals surface area contributed by atoms with Gasteiger partial charge in [0.05, 0.1) is 6.04 Å². The second-order valence-corrected chi connectivity index (χ2v) is 5.17. The number of Topliss-reactive ketones (excluding diaryl/α,β-unsaturated/α-hetero) is 1. The van der Waals surface area contributed by atoms with Gasteiger partial charge in [0.2, 0.25) is 0 Å². The van der Waals surface area contributed by atoms with E-state index in [1.807, 2.05) is 6.92 Å². The average molecular weight is 264 g/mol. The quantitative estimate of drug-likeness (QED) is 0.848. The number of rotatable bonds is 4. The maximum Gasteiger partial charge on any atom is 0.179 e. The molecular weight excluding hydrogens is 243 g/mol. The van der Waals surface area contributed by atoms with Crippen LogP contribution < -0.4 is 5.73 Å². The highest BCUT2D eigenvalue weighted by atomic mass is 19.1. The fraction of sp³-hybridized carbons (Fsp3) is 0.533. The van der Waals surface area contributed by atoms with Crippen molar-refractivity contribution in [2.45, 2.75) is 38.3 Å². The van der Waals surface area contributed by atoms with Crippen molar-refractivity contribution < 1.29 is 9.18 Å². The van der Waals surface area contributed by atoms with E-state index in [1.165, 1.54) is 12.1 Å². The number of benzene rings is 1. The number of piperidine rings is 1. The maximum atomic E-state index is 12.9. The lowest BCUT2D eigenvalue weighted by Crippen LogP contribution is -2.48. The lowest BCUT2D eigenvalue weighted by molar-refractivity contribution is 0.0764. The van der Waals surface area contributed by atoms with Gasteiger partial charge in [0, 0.05) is 24.7 Å². The van der Waals surface area contributed by atoms with Crippen molar-refractivity contribution in [1.82, 2.24) is 4.90 Å². The number of likely N-dealkylation sites (tertiary alicyclic amines) is 1. The molecule has 0 aliphatic carbocycles. The Hall–Kier alpha value is -1.26. The van der Waals surface area contributed by atoms with Crippen LogP contribution in [0.1, 0.15) is 36.5 Å². The van der Waals surface area contributed by atoms with Crippen molar-refractivity contribution in [3.63, 3.8) is 0 Å². The van der Waals surface area contributed by atoms with Gasteiger partial charge in [0.1, 0.15) is 5.82 Å². The first-order chi connectivity index (χ1) is 9.11. The van der Waals surface area contributed by atoms with Gasteiger partial charge in [-0.15, -0.1) is 0 Å². The van der Waals surface area contributed by atoms with Crippen molar-refractivity contribution in [2.24, 2.45) is 5.73 Å². The number of hydrogen-bond acceptors (Lipinski definition) is 3. The molecule has 1 aliphatic heterocycles. The van der Waals surface area contributed by atoms with Gasteiger partial charge in [-0.3, -0.25) is 9.69 Å². The molecule has 1 aromatic rings. The summed E-state index contributed by atoms with van der Waals surface area (Å²) in [5.74, 6) is -0.230. The number of ketones is 1. The minimum Gasteiger partial charge on any atom is -0.328 e. The molecule has 3 nitrogen and oxygen atoms in total. The Kier molecular flexibility index (Phi) is 4.66. The van der Waals surface area contributed by atoms with Crippen molar-refractivity contribution in [2.75, 3.05) is 13.1 Å². The van der Waals surface area contributed by atoms with E-state index in [1.54, 1.807) is 12.1 Å². The molecule has 4 heteroatoms. The van der Waals surface area contributed by atoms with Crippen LogP contribution in [-0.2, 0) is 0 Å². The third-order valence-corrected chi connectivity index (χ3v) is 3.83. The zero-order valence-electron chi connectivity index (χ0n) is 11.3. The highest BCUT2D eigenvalue weighted by Crippen LogP contribution is 2.18. The van der Waals surface area contributed by atoms with Crippen LogP contribution in [-0.4, -0.2) is 35.9 Å². The molecule has 0 aromatic heterocycles. The van der Waals surface area contributed by atoms with Crippen LogP contribution in [0.15, 0.2) is 24.3 Å². The van der Waals surface area contributed by atoms with E-state index >= 15 is 0 Å². The van der Waals surface area contributed by atoms with Crippen LogP contribution in [0, 0.1) is 5.82 Å². The molecule has 1 fully saturated rings. The Labute approximate surface area is 113 Å². The average Bonchev–Trinajstić information content (AvgIpc) is 2.42. The van der Waals surface area contributed by atoms with Crippen LogP contribution in [0.25, 0.3) is 0 Å². The predicted molar refractivity (Wildman–Crippen MR) is 73.6 cm³/mol. The molecule has 1 heterocycles. The van der Waals surface area contributed by atoms with E-state index in [9.17, 15) is 9.18 Å². The van der Waals surface area contributed by atoms with Gasteiger partial charge >= 0.3 is 0 Å². The number of nitrogens with two attached hydrogens (primary N) is 1. The molecule has 19 heavy (non-hydrogen) atoms. The topological polar surface area (TPSA) is 46.3 Å². The molecule has 1 atom stereocenters. The lowest BCUT2D eigenvalue weighted by Gasteiger charge is -2.35. The van der Waals surface area contributed by atoms with Crippen molar-refractivity contribution in [3.05, 3.63) is 35.6 Å². The standard InChI is InChI=1S/C15H21FN2O/c1-2-14(18-9-7-13(17)8-10-18)15(19)11-3-5-12(16)6-4-11/h3-6,13-14H,2,7-10,17H2,1H3. The molecule has 2 N–H and O–H groups in total. The minimum absolute atomic E-state index is 0.0815. The predicted octanol–water partition coefficient (Wildman–Crippen LogP) is 2.21. The summed E-state index contributed by atoms with van der Waals surface area (Å²) in [6, 6.07) is 5.96. The summed E-state index contributed by atoms with van der Waals surface area (Å²) in [6.45, 7) is 3.75. The summed E-state index contributed by atoms with van der Waals surface area (Å²) in [5, 5.41) is 0. The van der Waals surface area contributed by atoms with Crippen LogP contribution >= 0.6 is 0 Å². The van der Waals surface area contributed by atoms with Crippen molar-refractivity contribution in [3.8, 4) is 0 Å². The monoisotopic (exact) mass is 264 g/mol. The summed E-state index contributed by atoms with van der Waals surface area (Å²) in [6.07, 6.45) is 2.64. The van der Waals surface area contributed by atoms with Gasteiger partial charge in [-0.05, 0) is 43.5 Å². The zero-order chi connectivity index (χ0) is 13.8. The summed E-state index contributed by atoms with van der Waals surface area (Å²) in [5.41, 5.74) is 6.48. The van der Waals surface area contributed by atoms with Gasteiger partial charge in [-0.2, -0.15) is 0 Å². The van der Waals surface area contributed by atoms with Gasteiger partial charge in [-0.25, -0.2) is 4.39 Å². The number of hydrogen-bond donors (Lipinski definition) is 1. The molecule has 0 bridgehead atoms. The second kappa shape index (κ2) is 6.26. The van der Waals surface area contributed by atoms with Crippen LogP contribution in [0.2, 0.25) is 0 Å². The van der Waals surface area contributed by atoms with Gasteiger partial charge in [-0.1, -0.05) is 6.92 Å². The maximum absolute atomic E-state index is 12.9. The molecule has 0 radical (unpaired) electrons. The number of carbonyl (C=O) groups excluding carboxylic acids is 1. The largest absolute Gasteiger partial charge is 0.328 e. The Morgan fingerprint density at radius 2 is 1.95 bits per heavy atom. The fourth-order valence-corrected chi connectivity index (χ4v) is 2.65. The first kappa shape index (κ1) is 14.2. The van der Waals surface area contributed by atoms with Crippen molar-refractivity contribution >= 4 is 5.78 Å². The molecule has 0 saturated carbocycles. The number of nitrogens with zero attached hydrogens (tertiary/aromatic N) is 1. The van der Waals surface area contributed by atoms with E-state index in [-0.39, 0.29) is 23.7 Å². The zero-order valence-corrected chi connectivity index (χ0v) is 11.3. The summed E-state index contributed by atoms with van der Waals surface area (Å²) in [4.78, 5) is 14.7. The van der Waals surface area contributed by atoms with Crippen LogP contribution in [0.5, 0.6) is 0 Å². The summed E-state index contributed by atoms with van der Waals surface area (Å²) in [7, 11) is 0. The smallest absolute Gasteiger partial charge is 0.179 e. The Balaban J connectivity index is 2.08. The molecular formula is C15H21FN2O. The van der Waals surface area contributed by atoms with E-state index in [2.05, 4.69) is 4.90 Å². The Bertz CT molecular complexity index is 424. The molecule has 0 amide bonds. The van der Waals surface area contributed by atoms with Gasteiger partial charge < -0.3 is 5.73 Å². The van der Waals surface area contributed by atoms with Gasteiger partial charge in [0.15, 0.2) is 5.78 Å². The van der Waals surface area contributed by atoms with E-state index in [4.69, 9.17) is 5.73 Å². The molecule has 1 aliphatic rings. The lowest BCUT2D eigenvalue weighted by atomic mass is 9.97. The molecule has 104 valence electrons. The van der Waals surface area contributed by atoms with Crippen LogP contribution in [0.4, 0.5) is 4.39 Å². The molecule has 1 unspecified atom stereocenters. The highest BCUT2D eigenvalue weighted by Gasteiger charge is 2.28. The molecule has 1 aromatic carbocycles. The highest BCUT2D eigenvalue weighted by molar-refractivity contribution is 6.00. The Morgan fingerprint density at radius 3 is 2.47 bits per heavy atom. The van der Waals surface area contributed by atoms with Gasteiger partial charge in [0.25, 0.3) is 0 Å². The Morgan fingerprint density at radius 1 is 1.37 bits per heavy atom. The van der Waals surface area contributed by atoms with Crippen LogP contribution in [0.3, 0.4) is 0 Å². The third-order valence-electron chi connectivity index (χ3n) is 3.83. The van der Waals surface area contributed by atoms with E-state index in [0.717, 1.165) is 32.4 Å². The van der Waals surface area contributed by atoms with E-state index < -0.39 is 0 Å². The molecule has 2 rings (SSSR count). The molecule has 1 saturated heterocycles. The number of carbonyl (C=O) groups is 1.